The largest absolute Gasteiger partial charge is 0.496 e. The van der Waals surface area contributed by atoms with Gasteiger partial charge in [-0.05, 0) is 60.8 Å². The highest BCUT2D eigenvalue weighted by Crippen LogP contribution is 2.31. The Labute approximate surface area is 249 Å². The Kier molecular flexibility index (Phi) is 11.3. The predicted molar refractivity (Wildman–Crippen MR) is 166 cm³/mol. The molecule has 2 heterocycles. The maximum Gasteiger partial charge on any atom is 0.124 e. The molecule has 0 bridgehead atoms. The molecule has 1 fully saturated rings. The van der Waals surface area contributed by atoms with Gasteiger partial charge in [0.2, 0.25) is 0 Å². The first-order chi connectivity index (χ1) is 20.8. The fourth-order valence-corrected chi connectivity index (χ4v) is 5.74. The van der Waals surface area contributed by atoms with Crippen LogP contribution in [0.15, 0.2) is 79.0 Å². The quantitative estimate of drug-likeness (QED) is 0.158. The molecule has 2 atom stereocenters. The van der Waals surface area contributed by atoms with Crippen molar-refractivity contribution in [3.63, 3.8) is 0 Å². The molecular weight excluding hydrogens is 528 g/mol. The summed E-state index contributed by atoms with van der Waals surface area (Å²) in [5.41, 5.74) is 4.85. The summed E-state index contributed by atoms with van der Waals surface area (Å²) in [6.07, 6.45) is 5.16. The Morgan fingerprint density at radius 1 is 0.833 bits per heavy atom. The Balaban J connectivity index is 1.10. The van der Waals surface area contributed by atoms with Crippen molar-refractivity contribution in [2.45, 2.75) is 51.0 Å². The zero-order chi connectivity index (χ0) is 29.0. The van der Waals surface area contributed by atoms with Crippen LogP contribution in [-0.4, -0.2) is 57.8 Å². The molecule has 42 heavy (non-hydrogen) atoms. The monoisotopic (exact) mass is 572 g/mol. The number of ether oxygens (including phenoxy) is 5. The number of piperidine rings is 1. The van der Waals surface area contributed by atoms with Crippen LogP contribution in [0.5, 0.6) is 11.5 Å². The highest BCUT2D eigenvalue weighted by molar-refractivity contribution is 5.83. The summed E-state index contributed by atoms with van der Waals surface area (Å²) < 4.78 is 31.3. The van der Waals surface area contributed by atoms with Gasteiger partial charge < -0.3 is 33.6 Å². The molecular formula is C35H44N2O5. The number of methoxy groups -OCH3 is 2. The highest BCUT2D eigenvalue weighted by Gasteiger charge is 2.27. The van der Waals surface area contributed by atoms with Gasteiger partial charge in [-0.2, -0.15) is 0 Å². The summed E-state index contributed by atoms with van der Waals surface area (Å²) in [7, 11) is 3.44. The predicted octanol–water partition coefficient (Wildman–Crippen LogP) is 6.33. The van der Waals surface area contributed by atoms with Crippen molar-refractivity contribution in [3.8, 4) is 11.5 Å². The minimum Gasteiger partial charge on any atom is -0.496 e. The molecule has 1 aliphatic heterocycles. The van der Waals surface area contributed by atoms with Crippen molar-refractivity contribution in [2.24, 2.45) is 0 Å². The van der Waals surface area contributed by atoms with E-state index in [1.807, 2.05) is 24.3 Å². The molecule has 0 radical (unpaired) electrons. The molecule has 5 rings (SSSR count). The second kappa shape index (κ2) is 15.8. The van der Waals surface area contributed by atoms with Crippen molar-refractivity contribution in [3.05, 3.63) is 95.7 Å². The van der Waals surface area contributed by atoms with Gasteiger partial charge in [-0.15, -0.1) is 0 Å². The molecule has 1 N–H and O–H groups in total. The first kappa shape index (κ1) is 30.1. The topological polar surface area (TPSA) is 63.1 Å². The third-order valence-corrected chi connectivity index (χ3v) is 7.99. The first-order valence-electron chi connectivity index (χ1n) is 15.1. The molecule has 1 saturated heterocycles. The lowest BCUT2D eigenvalue weighted by Crippen LogP contribution is -2.40. The molecule has 4 aromatic rings. The average molecular weight is 573 g/mol. The lowest BCUT2D eigenvalue weighted by molar-refractivity contribution is 0.0111. The van der Waals surface area contributed by atoms with E-state index in [-0.39, 0.29) is 6.10 Å². The smallest absolute Gasteiger partial charge is 0.124 e. The molecule has 0 saturated carbocycles. The fraction of sp³-hybridized carbons (Fsp3) is 0.429. The van der Waals surface area contributed by atoms with Crippen molar-refractivity contribution < 1.29 is 23.7 Å². The van der Waals surface area contributed by atoms with Gasteiger partial charge in [-0.1, -0.05) is 42.5 Å². The van der Waals surface area contributed by atoms with Gasteiger partial charge in [-0.25, -0.2) is 0 Å². The number of aryl methyl sites for hydroxylation is 1. The normalized spacial score (nSPS) is 17.0. The molecule has 1 aromatic heterocycles. The lowest BCUT2D eigenvalue weighted by Gasteiger charge is -2.32. The molecule has 3 aromatic carbocycles. The second-order valence-electron chi connectivity index (χ2n) is 10.8. The molecule has 7 heteroatoms. The van der Waals surface area contributed by atoms with E-state index in [0.29, 0.717) is 32.3 Å². The number of para-hydroxylation sites is 1. The van der Waals surface area contributed by atoms with Crippen molar-refractivity contribution in [2.75, 3.05) is 47.1 Å². The van der Waals surface area contributed by atoms with E-state index in [2.05, 4.69) is 64.6 Å². The van der Waals surface area contributed by atoms with Crippen LogP contribution in [0.1, 0.15) is 41.9 Å². The van der Waals surface area contributed by atoms with Crippen molar-refractivity contribution in [1.82, 2.24) is 9.88 Å². The Morgan fingerprint density at radius 2 is 1.69 bits per heavy atom. The summed E-state index contributed by atoms with van der Waals surface area (Å²) in [5.74, 6) is 2.09. The van der Waals surface area contributed by atoms with Crippen LogP contribution in [0.4, 0.5) is 0 Å². The van der Waals surface area contributed by atoms with Crippen LogP contribution in [0.25, 0.3) is 10.9 Å². The number of nitrogens with zero attached hydrogens (tertiary/aromatic N) is 1. The number of hydrogen-bond acceptors (Lipinski definition) is 6. The van der Waals surface area contributed by atoms with Crippen molar-refractivity contribution in [1.29, 1.82) is 0 Å². The third-order valence-electron chi connectivity index (χ3n) is 7.99. The number of rotatable bonds is 16. The molecule has 7 nitrogen and oxygen atoms in total. The molecule has 0 unspecified atom stereocenters. The second-order valence-corrected chi connectivity index (χ2v) is 10.8. The standard InChI is InChI=1S/C35H44N2O5/c1-38-21-6-19-37-20-17-31-28(9-5-10-33(31)37)26-42-35-24-36-18-16-32(35)27-12-14-30(15-13-27)41-23-7-22-40-25-29-8-3-4-11-34(29)39-2/h3-5,8-15,17,20,32,35-36H,6-7,16,18-19,21-26H2,1-2H3/t32-,35+/m1/s1. The molecule has 0 amide bonds. The molecule has 1 aliphatic rings. The van der Waals surface area contributed by atoms with Crippen molar-refractivity contribution >= 4 is 10.9 Å². The molecule has 0 aliphatic carbocycles. The van der Waals surface area contributed by atoms with Crippen LogP contribution in [0.3, 0.4) is 0 Å². The number of hydrogen-bond donors (Lipinski definition) is 1. The highest BCUT2D eigenvalue weighted by atomic mass is 16.5. The van der Waals surface area contributed by atoms with E-state index in [1.165, 1.54) is 22.0 Å². The van der Waals surface area contributed by atoms with Crippen LogP contribution in [0, 0.1) is 0 Å². The van der Waals surface area contributed by atoms with Crippen LogP contribution in [0.2, 0.25) is 0 Å². The fourth-order valence-electron chi connectivity index (χ4n) is 5.74. The van der Waals surface area contributed by atoms with Crippen LogP contribution in [-0.2, 0) is 34.0 Å². The Morgan fingerprint density at radius 3 is 2.55 bits per heavy atom. The molecule has 0 spiro atoms. The summed E-state index contributed by atoms with van der Waals surface area (Å²) in [4.78, 5) is 0. The van der Waals surface area contributed by atoms with Gasteiger partial charge >= 0.3 is 0 Å². The number of fused-ring (bicyclic) bond motifs is 1. The van der Waals surface area contributed by atoms with E-state index >= 15 is 0 Å². The number of benzene rings is 3. The summed E-state index contributed by atoms with van der Waals surface area (Å²) in [6.45, 7) is 5.96. The minimum absolute atomic E-state index is 0.116. The summed E-state index contributed by atoms with van der Waals surface area (Å²) in [5, 5.41) is 4.79. The van der Waals surface area contributed by atoms with E-state index in [9.17, 15) is 0 Å². The van der Waals surface area contributed by atoms with E-state index in [1.54, 1.807) is 14.2 Å². The maximum absolute atomic E-state index is 6.59. The van der Waals surface area contributed by atoms with Crippen LogP contribution >= 0.6 is 0 Å². The van der Waals surface area contributed by atoms with E-state index in [4.69, 9.17) is 23.7 Å². The van der Waals surface area contributed by atoms with Gasteiger partial charge in [0.05, 0.1) is 39.6 Å². The van der Waals surface area contributed by atoms with Gasteiger partial charge in [0.1, 0.15) is 11.5 Å². The van der Waals surface area contributed by atoms with E-state index in [0.717, 1.165) is 62.6 Å². The minimum atomic E-state index is 0.116. The van der Waals surface area contributed by atoms with Gasteiger partial charge in [-0.3, -0.25) is 0 Å². The zero-order valence-electron chi connectivity index (χ0n) is 24.9. The number of aromatic nitrogens is 1. The SMILES string of the molecule is COCCCn1ccc2c(CO[C@H]3CNCC[C@@H]3c3ccc(OCCCOCc4ccccc4OC)cc3)cccc21. The summed E-state index contributed by atoms with van der Waals surface area (Å²) >= 11 is 0. The number of nitrogens with one attached hydrogen (secondary N) is 1. The molecule has 224 valence electrons. The Bertz CT molecular complexity index is 1370. The van der Waals surface area contributed by atoms with Gasteiger partial charge in [0, 0.05) is 61.8 Å². The summed E-state index contributed by atoms with van der Waals surface area (Å²) in [6, 6.07) is 25.2. The lowest BCUT2D eigenvalue weighted by atomic mass is 9.87. The van der Waals surface area contributed by atoms with Gasteiger partial charge in [0.15, 0.2) is 0 Å². The van der Waals surface area contributed by atoms with E-state index < -0.39 is 0 Å². The Hall–Kier alpha value is -3.36. The van der Waals surface area contributed by atoms with Crippen LogP contribution < -0.4 is 14.8 Å². The maximum atomic E-state index is 6.59. The van der Waals surface area contributed by atoms with Gasteiger partial charge in [0.25, 0.3) is 0 Å². The third kappa shape index (κ3) is 7.92. The average Bonchev–Trinajstić information content (AvgIpc) is 3.46. The first-order valence-corrected chi connectivity index (χ1v) is 15.1. The zero-order valence-corrected chi connectivity index (χ0v) is 24.9.